The SMILES string of the molecule is c1ccc(N(c2ccc(-c3cccc4oc5ccccc5c34)cc2)c2ccccc2-c2cccc3oc4ccccc4c23)c(-c2cccc3cccc(C4CCCCC4)c23)c1. The maximum absolute atomic E-state index is 6.45. The van der Waals surface area contributed by atoms with E-state index in [1.165, 1.54) is 59.6 Å². The van der Waals surface area contributed by atoms with Crippen LogP contribution in [-0.2, 0) is 0 Å². The summed E-state index contributed by atoms with van der Waals surface area (Å²) in [5.74, 6) is 0.567. The zero-order valence-corrected chi connectivity index (χ0v) is 33.9. The van der Waals surface area contributed by atoms with E-state index in [1.807, 2.05) is 12.1 Å². The molecule has 0 unspecified atom stereocenters. The van der Waals surface area contributed by atoms with Gasteiger partial charge in [-0.05, 0) is 106 Å². The van der Waals surface area contributed by atoms with E-state index in [2.05, 4.69) is 187 Å². The number of hydrogen-bond acceptors (Lipinski definition) is 3. The van der Waals surface area contributed by atoms with Crippen LogP contribution >= 0.6 is 0 Å². The lowest BCUT2D eigenvalue weighted by Crippen LogP contribution is -2.12. The van der Waals surface area contributed by atoms with E-state index in [-0.39, 0.29) is 0 Å². The second-order valence-electron chi connectivity index (χ2n) is 16.6. The normalized spacial score (nSPS) is 13.5. The van der Waals surface area contributed by atoms with Gasteiger partial charge in [0.05, 0.1) is 11.4 Å². The number of benzene rings is 9. The van der Waals surface area contributed by atoms with Crippen LogP contribution in [0.15, 0.2) is 203 Å². The van der Waals surface area contributed by atoms with E-state index in [4.69, 9.17) is 8.83 Å². The summed E-state index contributed by atoms with van der Waals surface area (Å²) in [5, 5.41) is 7.19. The molecule has 0 aliphatic heterocycles. The zero-order valence-electron chi connectivity index (χ0n) is 33.9. The summed E-state index contributed by atoms with van der Waals surface area (Å²) in [7, 11) is 0. The maximum atomic E-state index is 6.45. The van der Waals surface area contributed by atoms with Crippen LogP contribution in [-0.4, -0.2) is 0 Å². The van der Waals surface area contributed by atoms with Crippen molar-refractivity contribution in [2.45, 2.75) is 38.0 Å². The quantitative estimate of drug-likeness (QED) is 0.161. The van der Waals surface area contributed by atoms with Crippen LogP contribution in [0, 0.1) is 0 Å². The van der Waals surface area contributed by atoms with Gasteiger partial charge in [0.1, 0.15) is 22.3 Å². The van der Waals surface area contributed by atoms with Gasteiger partial charge in [0, 0.05) is 38.4 Å². The molecule has 0 radical (unpaired) electrons. The van der Waals surface area contributed by atoms with Crippen LogP contribution in [0.3, 0.4) is 0 Å². The first kappa shape index (κ1) is 35.6. The second-order valence-corrected chi connectivity index (χ2v) is 16.6. The van der Waals surface area contributed by atoms with Gasteiger partial charge in [0.2, 0.25) is 0 Å². The van der Waals surface area contributed by atoms with Gasteiger partial charge in [-0.2, -0.15) is 0 Å². The fourth-order valence-electron chi connectivity index (χ4n) is 10.4. The average molecular weight is 786 g/mol. The van der Waals surface area contributed by atoms with Crippen LogP contribution in [0.4, 0.5) is 17.1 Å². The smallest absolute Gasteiger partial charge is 0.136 e. The van der Waals surface area contributed by atoms with Crippen molar-refractivity contribution in [3.63, 3.8) is 0 Å². The summed E-state index contributed by atoms with van der Waals surface area (Å²) in [6.45, 7) is 0. The zero-order chi connectivity index (χ0) is 40.3. The number of para-hydroxylation sites is 4. The summed E-state index contributed by atoms with van der Waals surface area (Å²) < 4.78 is 12.8. The van der Waals surface area contributed by atoms with E-state index >= 15 is 0 Å². The van der Waals surface area contributed by atoms with Gasteiger partial charge in [0.15, 0.2) is 0 Å². The summed E-state index contributed by atoms with van der Waals surface area (Å²) >= 11 is 0. The largest absolute Gasteiger partial charge is 0.456 e. The minimum absolute atomic E-state index is 0.567. The third-order valence-electron chi connectivity index (χ3n) is 13.1. The summed E-state index contributed by atoms with van der Waals surface area (Å²) in [5.41, 5.74) is 15.4. The lowest BCUT2D eigenvalue weighted by molar-refractivity contribution is 0.445. The Balaban J connectivity index is 1.09. The lowest BCUT2D eigenvalue weighted by atomic mass is 9.80. The molecule has 0 atom stereocenters. The van der Waals surface area contributed by atoms with Crippen molar-refractivity contribution >= 4 is 71.7 Å². The van der Waals surface area contributed by atoms with E-state index < -0.39 is 0 Å². The molecule has 0 bridgehead atoms. The molecule has 2 aromatic heterocycles. The molecule has 0 saturated heterocycles. The summed E-state index contributed by atoms with van der Waals surface area (Å²) in [4.78, 5) is 2.48. The predicted octanol–water partition coefficient (Wildman–Crippen LogP) is 17.2. The molecule has 0 N–H and O–H groups in total. The maximum Gasteiger partial charge on any atom is 0.136 e. The van der Waals surface area contributed by atoms with Crippen LogP contribution in [0.1, 0.15) is 43.6 Å². The molecule has 1 aliphatic rings. The molecule has 0 spiro atoms. The van der Waals surface area contributed by atoms with Gasteiger partial charge in [-0.3, -0.25) is 0 Å². The first-order chi connectivity index (χ1) is 30.3. The number of nitrogens with zero attached hydrogens (tertiary/aromatic N) is 1. The van der Waals surface area contributed by atoms with Gasteiger partial charge in [-0.1, -0.05) is 165 Å². The van der Waals surface area contributed by atoms with E-state index in [0.29, 0.717) is 5.92 Å². The van der Waals surface area contributed by atoms with Crippen LogP contribution in [0.25, 0.3) is 88.0 Å². The highest BCUT2D eigenvalue weighted by atomic mass is 16.3. The molecule has 9 aromatic carbocycles. The molecule has 1 fully saturated rings. The van der Waals surface area contributed by atoms with Crippen molar-refractivity contribution in [3.8, 4) is 33.4 Å². The van der Waals surface area contributed by atoms with Crippen molar-refractivity contribution in [3.05, 3.63) is 200 Å². The second kappa shape index (κ2) is 14.7. The third kappa shape index (κ3) is 5.95. The Morgan fingerprint density at radius 1 is 0.361 bits per heavy atom. The number of furan rings is 2. The molecule has 61 heavy (non-hydrogen) atoms. The first-order valence-electron chi connectivity index (χ1n) is 21.7. The van der Waals surface area contributed by atoms with Gasteiger partial charge >= 0.3 is 0 Å². The van der Waals surface area contributed by atoms with Crippen LogP contribution < -0.4 is 4.90 Å². The Kier molecular flexibility index (Phi) is 8.59. The molecule has 3 heteroatoms. The molecule has 12 rings (SSSR count). The molecule has 2 heterocycles. The number of rotatable bonds is 7. The summed E-state index contributed by atoms with van der Waals surface area (Å²) in [6.07, 6.45) is 6.42. The van der Waals surface area contributed by atoms with E-state index in [0.717, 1.165) is 83.2 Å². The Hall–Kier alpha value is -7.36. The van der Waals surface area contributed by atoms with Crippen molar-refractivity contribution in [2.24, 2.45) is 0 Å². The predicted molar refractivity (Wildman–Crippen MR) is 255 cm³/mol. The van der Waals surface area contributed by atoms with Gasteiger partial charge in [0.25, 0.3) is 0 Å². The summed E-state index contributed by atoms with van der Waals surface area (Å²) in [6, 6.07) is 70.3. The van der Waals surface area contributed by atoms with Crippen molar-refractivity contribution in [1.29, 1.82) is 0 Å². The van der Waals surface area contributed by atoms with E-state index in [1.54, 1.807) is 0 Å². The number of anilines is 3. The molecule has 292 valence electrons. The molecule has 1 saturated carbocycles. The van der Waals surface area contributed by atoms with Gasteiger partial charge in [-0.25, -0.2) is 0 Å². The molecule has 11 aromatic rings. The minimum Gasteiger partial charge on any atom is -0.456 e. The molecular formula is C58H43NO2. The topological polar surface area (TPSA) is 29.5 Å². The monoisotopic (exact) mass is 785 g/mol. The van der Waals surface area contributed by atoms with Crippen molar-refractivity contribution < 1.29 is 8.83 Å². The molecular weight excluding hydrogens is 743 g/mol. The van der Waals surface area contributed by atoms with E-state index in [9.17, 15) is 0 Å². The third-order valence-corrected chi connectivity index (χ3v) is 13.1. The highest BCUT2D eigenvalue weighted by molar-refractivity contribution is 6.15. The number of fused-ring (bicyclic) bond motifs is 7. The molecule has 1 aliphatic carbocycles. The van der Waals surface area contributed by atoms with Crippen LogP contribution in [0.5, 0.6) is 0 Å². The highest BCUT2D eigenvalue weighted by Crippen LogP contribution is 2.49. The van der Waals surface area contributed by atoms with Gasteiger partial charge in [-0.15, -0.1) is 0 Å². The number of hydrogen-bond donors (Lipinski definition) is 0. The minimum atomic E-state index is 0.567. The molecule has 0 amide bonds. The van der Waals surface area contributed by atoms with Crippen molar-refractivity contribution in [1.82, 2.24) is 0 Å². The standard InChI is InChI=1S/C58H43NO2/c1-2-16-38(17-3-1)42-24-12-18-40-19-13-26-46(56(40)42)44-20-4-8-28-50(44)59(41-36-34-39(35-37-41)43-25-14-32-54-57(43)48-22-6-10-30-52(48)60-54)51-29-9-5-21-45(51)47-27-15-33-55-58(47)49-23-7-11-31-53(49)61-55/h4-15,18-38H,1-3,16-17H2. The highest BCUT2D eigenvalue weighted by Gasteiger charge is 2.25. The Morgan fingerprint density at radius 2 is 0.836 bits per heavy atom. The fourth-order valence-corrected chi connectivity index (χ4v) is 10.4. The molecule has 3 nitrogen and oxygen atoms in total. The fraction of sp³-hybridized carbons (Fsp3) is 0.103. The first-order valence-corrected chi connectivity index (χ1v) is 21.7. The Morgan fingerprint density at radius 3 is 1.48 bits per heavy atom. The lowest BCUT2D eigenvalue weighted by Gasteiger charge is -2.31. The Labute approximate surface area is 355 Å². The van der Waals surface area contributed by atoms with Crippen LogP contribution in [0.2, 0.25) is 0 Å². The van der Waals surface area contributed by atoms with Crippen molar-refractivity contribution in [2.75, 3.05) is 4.90 Å². The Bertz CT molecular complexity index is 3410. The average Bonchev–Trinajstić information content (AvgIpc) is 3.91. The van der Waals surface area contributed by atoms with Gasteiger partial charge < -0.3 is 13.7 Å².